The Bertz CT molecular complexity index is 1630. The van der Waals surface area contributed by atoms with Gasteiger partial charge in [0.15, 0.2) is 6.54 Å². The lowest BCUT2D eigenvalue weighted by atomic mass is 9.75. The number of hydrogen-bond acceptors (Lipinski definition) is 4. The van der Waals surface area contributed by atoms with Crippen molar-refractivity contribution in [2.24, 2.45) is 5.41 Å². The van der Waals surface area contributed by atoms with Crippen LogP contribution < -0.4 is 9.47 Å². The third-order valence-electron chi connectivity index (χ3n) is 7.83. The van der Waals surface area contributed by atoms with Crippen LogP contribution in [0.15, 0.2) is 87.1 Å². The monoisotopic (exact) mass is 583 g/mol. The lowest BCUT2D eigenvalue weighted by Gasteiger charge is -2.31. The zero-order valence-corrected chi connectivity index (χ0v) is 26.7. The Labute approximate surface area is 251 Å². The number of thiazole rings is 1. The Morgan fingerprint density at radius 1 is 1.02 bits per heavy atom. The molecule has 2 nitrogen and oxygen atoms in total. The molecule has 0 spiro atoms. The Kier molecular flexibility index (Phi) is 7.82. The molecule has 6 rings (SSSR count). The van der Waals surface area contributed by atoms with Gasteiger partial charge in [-0.3, -0.25) is 0 Å². The van der Waals surface area contributed by atoms with E-state index in [1.165, 1.54) is 70.8 Å². The molecule has 3 heterocycles. The van der Waals surface area contributed by atoms with E-state index in [1.807, 2.05) is 34.4 Å². The van der Waals surface area contributed by atoms with Crippen LogP contribution in [0.25, 0.3) is 26.7 Å². The van der Waals surface area contributed by atoms with Crippen molar-refractivity contribution in [3.63, 3.8) is 0 Å². The van der Waals surface area contributed by atoms with Crippen molar-refractivity contribution in [1.29, 1.82) is 0 Å². The summed E-state index contributed by atoms with van der Waals surface area (Å²) >= 11 is 5.67. The van der Waals surface area contributed by atoms with Crippen molar-refractivity contribution in [3.8, 4) is 10.4 Å². The van der Waals surface area contributed by atoms with Crippen molar-refractivity contribution in [2.75, 3.05) is 11.4 Å². The van der Waals surface area contributed by atoms with Gasteiger partial charge in [0, 0.05) is 34.9 Å². The molecule has 4 aromatic rings. The summed E-state index contributed by atoms with van der Waals surface area (Å²) in [7, 11) is 0. The van der Waals surface area contributed by atoms with Gasteiger partial charge in [-0.2, -0.15) is 4.57 Å². The number of aryl methyl sites for hydroxylation is 2. The summed E-state index contributed by atoms with van der Waals surface area (Å²) in [5, 5.41) is 4.89. The van der Waals surface area contributed by atoms with Crippen LogP contribution in [0.1, 0.15) is 63.9 Å². The highest BCUT2D eigenvalue weighted by Gasteiger charge is 2.29. The fourth-order valence-electron chi connectivity index (χ4n) is 6.01. The van der Waals surface area contributed by atoms with Gasteiger partial charge in [0.25, 0.3) is 5.01 Å². The van der Waals surface area contributed by atoms with Gasteiger partial charge in [-0.25, -0.2) is 0 Å². The van der Waals surface area contributed by atoms with Gasteiger partial charge >= 0.3 is 0 Å². The van der Waals surface area contributed by atoms with Gasteiger partial charge < -0.3 is 4.90 Å². The molecule has 0 saturated carbocycles. The van der Waals surface area contributed by atoms with E-state index in [9.17, 15) is 0 Å². The quantitative estimate of drug-likeness (QED) is 0.200. The third-order valence-corrected chi connectivity index (χ3v) is 11.0. The second kappa shape index (κ2) is 11.3. The first-order valence-corrected chi connectivity index (χ1v) is 17.0. The normalized spacial score (nSPS) is 18.6. The second-order valence-electron chi connectivity index (χ2n) is 11.9. The van der Waals surface area contributed by atoms with E-state index in [1.54, 1.807) is 0 Å². The Morgan fingerprint density at radius 2 is 1.90 bits per heavy atom. The molecule has 2 aliphatic rings. The molecule has 0 saturated heterocycles. The highest BCUT2D eigenvalue weighted by atomic mass is 32.2. The van der Waals surface area contributed by atoms with Crippen LogP contribution in [0.2, 0.25) is 0 Å². The van der Waals surface area contributed by atoms with Crippen molar-refractivity contribution in [2.45, 2.75) is 71.7 Å². The number of rotatable bonds is 7. The highest BCUT2D eigenvalue weighted by molar-refractivity contribution is 8.03. The summed E-state index contributed by atoms with van der Waals surface area (Å²) in [6.45, 7) is 13.6. The number of unbranched alkanes of at least 4 members (excludes halogenated alkanes) is 1. The third kappa shape index (κ3) is 5.61. The minimum Gasteiger partial charge on any atom is -0.335 e. The largest absolute Gasteiger partial charge is 0.335 e. The van der Waals surface area contributed by atoms with Crippen LogP contribution in [0, 0.1) is 12.3 Å². The maximum atomic E-state index is 2.55. The molecule has 1 aliphatic carbocycles. The standard InChI is InChI=1S/C35H39N2S3/c1-6-8-15-37-28-13-11-24(3)17-32(28)40-34(37)20-26-18-25(22-35(4,5)23-26)19-33-36(7-2)29-21-27(12-14-31(29)39-33)30-10-9-16-38-30/h9-14,16-21H,6-8,15,22-23H2,1-5H3/q+1. The molecule has 0 amide bonds. The highest BCUT2D eigenvalue weighted by Crippen LogP contribution is 2.49. The Morgan fingerprint density at radius 3 is 2.67 bits per heavy atom. The zero-order chi connectivity index (χ0) is 27.9. The molecule has 5 heteroatoms. The Balaban J connectivity index is 1.36. The molecule has 0 fully saturated rings. The smallest absolute Gasteiger partial charge is 0.263 e. The van der Waals surface area contributed by atoms with E-state index in [2.05, 4.69) is 116 Å². The van der Waals surface area contributed by atoms with Gasteiger partial charge in [-0.05, 0) is 90.1 Å². The van der Waals surface area contributed by atoms with Crippen molar-refractivity contribution in [1.82, 2.24) is 0 Å². The molecule has 2 aromatic heterocycles. The van der Waals surface area contributed by atoms with E-state index in [0.717, 1.165) is 25.9 Å². The van der Waals surface area contributed by atoms with Crippen molar-refractivity contribution in [3.05, 3.63) is 92.8 Å². The van der Waals surface area contributed by atoms with E-state index < -0.39 is 0 Å². The fraction of sp³-hybridized carbons (Fsp3) is 0.343. The van der Waals surface area contributed by atoms with Gasteiger partial charge in [0.1, 0.15) is 4.70 Å². The molecular formula is C35H39N2S3+. The molecule has 0 unspecified atom stereocenters. The van der Waals surface area contributed by atoms with E-state index in [-0.39, 0.29) is 5.41 Å². The number of benzene rings is 2. The van der Waals surface area contributed by atoms with Gasteiger partial charge in [-0.1, -0.05) is 74.6 Å². The van der Waals surface area contributed by atoms with Crippen LogP contribution in [-0.2, 0) is 6.54 Å². The van der Waals surface area contributed by atoms with Gasteiger partial charge in [-0.15, -0.1) is 11.3 Å². The summed E-state index contributed by atoms with van der Waals surface area (Å²) in [5.74, 6) is 0. The van der Waals surface area contributed by atoms with Crippen LogP contribution in [-0.4, -0.2) is 6.54 Å². The van der Waals surface area contributed by atoms with Crippen LogP contribution >= 0.6 is 34.4 Å². The predicted octanol–water partition coefficient (Wildman–Crippen LogP) is 10.6. The summed E-state index contributed by atoms with van der Waals surface area (Å²) in [4.78, 5) is 5.19. The topological polar surface area (TPSA) is 7.12 Å². The van der Waals surface area contributed by atoms with Crippen LogP contribution in [0.4, 0.5) is 5.69 Å². The summed E-state index contributed by atoms with van der Waals surface area (Å²) < 4.78 is 3.95. The average Bonchev–Trinajstić information content (AvgIpc) is 3.63. The molecular weight excluding hydrogens is 545 g/mol. The maximum absolute atomic E-state index is 2.55. The number of allylic oxidation sites excluding steroid dienone is 4. The Hall–Kier alpha value is -2.60. The second-order valence-corrected chi connectivity index (χ2v) is 14.9. The minimum absolute atomic E-state index is 0.230. The molecule has 0 N–H and O–H groups in total. The molecule has 0 bridgehead atoms. The van der Waals surface area contributed by atoms with E-state index >= 15 is 0 Å². The molecule has 2 aromatic carbocycles. The van der Waals surface area contributed by atoms with E-state index in [4.69, 9.17) is 0 Å². The van der Waals surface area contributed by atoms with E-state index in [0.29, 0.717) is 0 Å². The van der Waals surface area contributed by atoms with Gasteiger partial charge in [0.2, 0.25) is 5.52 Å². The number of thioether (sulfide) groups is 1. The van der Waals surface area contributed by atoms with Crippen LogP contribution in [0.3, 0.4) is 0 Å². The number of hydrogen-bond donors (Lipinski definition) is 0. The SMILES string of the molecule is CCCC[n+]1c(/C=C2C=C(/C=C3\Sc4ccc(-c5cccs5)cc4N3CC)CC(C)(C)C\2)sc2cc(C)ccc21. The molecule has 0 atom stereocenters. The minimum atomic E-state index is 0.230. The first kappa shape index (κ1) is 27.6. The molecule has 0 radical (unpaired) electrons. The predicted molar refractivity (Wildman–Crippen MR) is 177 cm³/mol. The number of fused-ring (bicyclic) bond motifs is 2. The summed E-state index contributed by atoms with van der Waals surface area (Å²) in [6.07, 6.45) is 12.0. The fourth-order valence-corrected chi connectivity index (χ4v) is 9.18. The summed E-state index contributed by atoms with van der Waals surface area (Å²) in [5.41, 5.74) is 8.47. The molecule has 40 heavy (non-hydrogen) atoms. The summed E-state index contributed by atoms with van der Waals surface area (Å²) in [6, 6.07) is 18.2. The lowest BCUT2D eigenvalue weighted by molar-refractivity contribution is -0.669. The van der Waals surface area contributed by atoms with Crippen molar-refractivity contribution < 1.29 is 4.57 Å². The van der Waals surface area contributed by atoms with Crippen molar-refractivity contribution >= 4 is 56.4 Å². The maximum Gasteiger partial charge on any atom is 0.263 e. The zero-order valence-electron chi connectivity index (χ0n) is 24.3. The first-order valence-electron chi connectivity index (χ1n) is 14.5. The molecule has 1 aliphatic heterocycles. The van der Waals surface area contributed by atoms with Crippen LogP contribution in [0.5, 0.6) is 0 Å². The number of aromatic nitrogens is 1. The molecule has 206 valence electrons. The number of anilines is 1. The number of nitrogens with zero attached hydrogens (tertiary/aromatic N) is 2. The lowest BCUT2D eigenvalue weighted by Crippen LogP contribution is -2.35. The number of thiophene rings is 1. The average molecular weight is 584 g/mol. The van der Waals surface area contributed by atoms with Gasteiger partial charge in [0.05, 0.1) is 10.7 Å². The first-order chi connectivity index (χ1) is 19.3.